The number of rotatable bonds is 7. The summed E-state index contributed by atoms with van der Waals surface area (Å²) in [5.41, 5.74) is 1.09. The molecule has 0 unspecified atom stereocenters. The summed E-state index contributed by atoms with van der Waals surface area (Å²) < 4.78 is 32.5. The largest absolute Gasteiger partial charge is 0.481 e. The summed E-state index contributed by atoms with van der Waals surface area (Å²) in [6, 6.07) is 13.0. The van der Waals surface area contributed by atoms with Crippen LogP contribution in [0, 0.1) is 0 Å². The number of benzene rings is 2. The molecule has 1 aliphatic heterocycles. The normalized spacial score (nSPS) is 13.6. The number of carbonyl (C=O) groups is 3. The van der Waals surface area contributed by atoms with Gasteiger partial charge in [0.15, 0.2) is 0 Å². The molecule has 1 aliphatic rings. The first-order valence-corrected chi connectivity index (χ1v) is 11.5. The fourth-order valence-corrected chi connectivity index (χ4v) is 4.25. The average Bonchev–Trinajstić information content (AvgIpc) is 3.17. The van der Waals surface area contributed by atoms with Crippen molar-refractivity contribution in [2.24, 2.45) is 0 Å². The van der Waals surface area contributed by atoms with Crippen molar-refractivity contribution in [3.63, 3.8) is 0 Å². The van der Waals surface area contributed by atoms with Gasteiger partial charge in [0.1, 0.15) is 12.1 Å². The zero-order valence-electron chi connectivity index (χ0n) is 17.9. The van der Waals surface area contributed by atoms with Crippen LogP contribution in [-0.2, 0) is 19.6 Å². The summed E-state index contributed by atoms with van der Waals surface area (Å²) >= 11 is 0. The number of amides is 3. The molecule has 2 N–H and O–H groups in total. The number of methoxy groups -OCH3 is 1. The summed E-state index contributed by atoms with van der Waals surface area (Å²) in [6.07, 6.45) is 1.52. The van der Waals surface area contributed by atoms with Gasteiger partial charge in [-0.15, -0.1) is 0 Å². The monoisotopic (exact) mass is 481 g/mol. The summed E-state index contributed by atoms with van der Waals surface area (Å²) in [5, 5.41) is 2.67. The Morgan fingerprint density at radius 3 is 2.24 bits per heavy atom. The third-order valence-corrected chi connectivity index (χ3v) is 6.32. The molecule has 12 heteroatoms. The Balaban J connectivity index is 1.42. The van der Waals surface area contributed by atoms with Gasteiger partial charge < -0.3 is 10.1 Å². The fourth-order valence-electron chi connectivity index (χ4n) is 3.25. The van der Waals surface area contributed by atoms with Gasteiger partial charge in [0.2, 0.25) is 17.7 Å². The predicted molar refractivity (Wildman–Crippen MR) is 122 cm³/mol. The van der Waals surface area contributed by atoms with E-state index in [9.17, 15) is 22.8 Å². The molecule has 1 saturated heterocycles. The van der Waals surface area contributed by atoms with Crippen LogP contribution in [0.25, 0.3) is 0 Å². The SMILES string of the molecule is COc1cc(NS(=O)(=O)c2ccc(NC(=O)c3ccc(N4C(=O)CCC4=O)cc3)cc2)ncn1. The van der Waals surface area contributed by atoms with Crippen LogP contribution in [0.5, 0.6) is 5.88 Å². The predicted octanol–water partition coefficient (Wildman–Crippen LogP) is 2.19. The van der Waals surface area contributed by atoms with Crippen molar-refractivity contribution in [2.45, 2.75) is 17.7 Å². The van der Waals surface area contributed by atoms with E-state index < -0.39 is 15.9 Å². The second kappa shape index (κ2) is 9.27. The number of nitrogens with one attached hydrogen (secondary N) is 2. The van der Waals surface area contributed by atoms with Crippen molar-refractivity contribution in [1.82, 2.24) is 9.97 Å². The van der Waals surface area contributed by atoms with Gasteiger partial charge in [0.05, 0.1) is 17.7 Å². The number of nitrogens with zero attached hydrogens (tertiary/aromatic N) is 3. The molecular formula is C22H19N5O6S. The van der Waals surface area contributed by atoms with E-state index in [1.54, 1.807) is 0 Å². The Kier molecular flexibility index (Phi) is 6.23. The summed E-state index contributed by atoms with van der Waals surface area (Å²) in [7, 11) is -2.53. The van der Waals surface area contributed by atoms with Crippen molar-refractivity contribution in [2.75, 3.05) is 22.0 Å². The minimum absolute atomic E-state index is 0.0348. The minimum Gasteiger partial charge on any atom is -0.481 e. The Morgan fingerprint density at radius 2 is 1.62 bits per heavy atom. The molecule has 0 bridgehead atoms. The number of carbonyl (C=O) groups excluding carboxylic acids is 3. The Bertz CT molecular complexity index is 1340. The van der Waals surface area contributed by atoms with Crippen LogP contribution < -0.4 is 19.7 Å². The van der Waals surface area contributed by atoms with Crippen LogP contribution in [0.4, 0.5) is 17.2 Å². The van der Waals surface area contributed by atoms with Crippen molar-refractivity contribution in [3.05, 3.63) is 66.5 Å². The van der Waals surface area contributed by atoms with Gasteiger partial charge in [0, 0.05) is 30.2 Å². The first kappa shape index (κ1) is 22.9. The van der Waals surface area contributed by atoms with Gasteiger partial charge in [-0.3, -0.25) is 24.0 Å². The highest BCUT2D eigenvalue weighted by molar-refractivity contribution is 7.92. The second-order valence-electron chi connectivity index (χ2n) is 7.20. The van der Waals surface area contributed by atoms with Gasteiger partial charge in [-0.25, -0.2) is 18.4 Å². The molecule has 3 aromatic rings. The van der Waals surface area contributed by atoms with Gasteiger partial charge in [-0.2, -0.15) is 0 Å². The molecule has 2 aromatic carbocycles. The first-order valence-electron chi connectivity index (χ1n) is 10.0. The third kappa shape index (κ3) is 4.86. The van der Waals surface area contributed by atoms with Crippen molar-refractivity contribution >= 4 is 44.9 Å². The average molecular weight is 481 g/mol. The third-order valence-electron chi connectivity index (χ3n) is 4.95. The zero-order chi connectivity index (χ0) is 24.3. The van der Waals surface area contributed by atoms with Crippen molar-refractivity contribution in [3.8, 4) is 5.88 Å². The molecule has 2 heterocycles. The number of hydrogen-bond acceptors (Lipinski definition) is 8. The lowest BCUT2D eigenvalue weighted by molar-refractivity contribution is -0.121. The molecule has 4 rings (SSSR count). The van der Waals surface area contributed by atoms with Crippen molar-refractivity contribution < 1.29 is 27.5 Å². The van der Waals surface area contributed by atoms with E-state index in [2.05, 4.69) is 20.0 Å². The van der Waals surface area contributed by atoms with E-state index in [4.69, 9.17) is 4.74 Å². The molecule has 0 radical (unpaired) electrons. The molecule has 0 saturated carbocycles. The highest BCUT2D eigenvalue weighted by atomic mass is 32.2. The van der Waals surface area contributed by atoms with Crippen LogP contribution in [0.3, 0.4) is 0 Å². The molecular weight excluding hydrogens is 462 g/mol. The lowest BCUT2D eigenvalue weighted by Crippen LogP contribution is -2.28. The number of aromatic nitrogens is 2. The van der Waals surface area contributed by atoms with E-state index in [1.807, 2.05) is 0 Å². The Labute approximate surface area is 194 Å². The van der Waals surface area contributed by atoms with Crippen LogP contribution in [0.2, 0.25) is 0 Å². The Morgan fingerprint density at radius 1 is 0.971 bits per heavy atom. The molecule has 0 aliphatic carbocycles. The molecule has 1 fully saturated rings. The second-order valence-corrected chi connectivity index (χ2v) is 8.88. The molecule has 0 spiro atoms. The molecule has 3 amide bonds. The van der Waals surface area contributed by atoms with Gasteiger partial charge in [0.25, 0.3) is 15.9 Å². The number of anilines is 3. The first-order chi connectivity index (χ1) is 16.3. The molecule has 34 heavy (non-hydrogen) atoms. The van der Waals surface area contributed by atoms with Crippen LogP contribution >= 0.6 is 0 Å². The van der Waals surface area contributed by atoms with Gasteiger partial charge in [-0.1, -0.05) is 0 Å². The zero-order valence-corrected chi connectivity index (χ0v) is 18.7. The minimum atomic E-state index is -3.93. The standard InChI is InChI=1S/C22H19N5O6S/c1-33-19-12-18(23-13-24-19)26-34(31,32)17-8-4-15(5-9-17)25-22(30)14-2-6-16(7-3-14)27-20(28)10-11-21(27)29/h2-9,12-13H,10-11H2,1H3,(H,25,30)(H,23,24,26). The smallest absolute Gasteiger partial charge is 0.263 e. The maximum Gasteiger partial charge on any atom is 0.263 e. The number of ether oxygens (including phenoxy) is 1. The molecule has 11 nitrogen and oxygen atoms in total. The maximum atomic E-state index is 12.6. The summed E-state index contributed by atoms with van der Waals surface area (Å²) in [4.78, 5) is 45.0. The van der Waals surface area contributed by atoms with Crippen LogP contribution in [-0.4, -0.2) is 43.2 Å². The highest BCUT2D eigenvalue weighted by Crippen LogP contribution is 2.23. The van der Waals surface area contributed by atoms with Crippen LogP contribution in [0.1, 0.15) is 23.2 Å². The maximum absolute atomic E-state index is 12.6. The van der Waals surface area contributed by atoms with Gasteiger partial charge in [-0.05, 0) is 48.5 Å². The molecule has 0 atom stereocenters. The summed E-state index contributed by atoms with van der Waals surface area (Å²) in [6.45, 7) is 0. The van der Waals surface area contributed by atoms with Crippen LogP contribution in [0.15, 0.2) is 65.8 Å². The fraction of sp³-hybridized carbons (Fsp3) is 0.136. The lowest BCUT2D eigenvalue weighted by atomic mass is 10.1. The lowest BCUT2D eigenvalue weighted by Gasteiger charge is -2.14. The quantitative estimate of drug-likeness (QED) is 0.488. The van der Waals surface area contributed by atoms with E-state index >= 15 is 0 Å². The topological polar surface area (TPSA) is 148 Å². The molecule has 1 aromatic heterocycles. The molecule has 174 valence electrons. The van der Waals surface area contributed by atoms with Crippen molar-refractivity contribution in [1.29, 1.82) is 0 Å². The van der Waals surface area contributed by atoms with E-state index in [1.165, 1.54) is 68.0 Å². The van der Waals surface area contributed by atoms with E-state index in [0.29, 0.717) is 16.9 Å². The Hall–Kier alpha value is -4.32. The van der Waals surface area contributed by atoms with E-state index in [0.717, 1.165) is 4.90 Å². The number of imide groups is 1. The summed E-state index contributed by atoms with van der Waals surface area (Å²) in [5.74, 6) is -0.731. The number of sulfonamides is 1. The highest BCUT2D eigenvalue weighted by Gasteiger charge is 2.30. The van der Waals surface area contributed by atoms with E-state index in [-0.39, 0.29) is 41.2 Å². The number of hydrogen-bond donors (Lipinski definition) is 2. The van der Waals surface area contributed by atoms with Gasteiger partial charge >= 0.3 is 0 Å².